The third kappa shape index (κ3) is 2.97. The van der Waals surface area contributed by atoms with Crippen LogP contribution >= 0.6 is 7.82 Å². The highest BCUT2D eigenvalue weighted by molar-refractivity contribution is 7.46. The molecule has 1 fully saturated rings. The van der Waals surface area contributed by atoms with Gasteiger partial charge in [-0.2, -0.15) is 0 Å². The van der Waals surface area contributed by atoms with Gasteiger partial charge in [0.25, 0.3) is 0 Å². The van der Waals surface area contributed by atoms with E-state index in [-0.39, 0.29) is 0 Å². The van der Waals surface area contributed by atoms with E-state index in [0.29, 0.717) is 0 Å². The van der Waals surface area contributed by atoms with E-state index in [4.69, 9.17) is 25.1 Å². The second kappa shape index (κ2) is 4.21. The minimum atomic E-state index is -4.64. The summed E-state index contributed by atoms with van der Waals surface area (Å²) in [6, 6.07) is 0. The van der Waals surface area contributed by atoms with E-state index in [1.165, 1.54) is 0 Å². The first-order chi connectivity index (χ1) is 6.31. The zero-order valence-corrected chi connectivity index (χ0v) is 7.82. The molecule has 1 unspecified atom stereocenters. The highest BCUT2D eigenvalue weighted by Gasteiger charge is 2.42. The first-order valence-electron chi connectivity index (χ1n) is 3.71. The average molecular weight is 231 g/mol. The third-order valence-corrected chi connectivity index (χ3v) is 2.23. The average Bonchev–Trinajstić information content (AvgIpc) is 2.28. The lowest BCUT2D eigenvalue weighted by atomic mass is 10.2. The summed E-state index contributed by atoms with van der Waals surface area (Å²) in [7, 11) is -4.64. The zero-order valence-electron chi connectivity index (χ0n) is 6.92. The topological polar surface area (TPSA) is 137 Å². The van der Waals surface area contributed by atoms with Gasteiger partial charge in [0.2, 0.25) is 0 Å². The van der Waals surface area contributed by atoms with Crippen molar-refractivity contribution in [2.24, 2.45) is 0 Å². The molecule has 0 aromatic heterocycles. The fraction of sp³-hybridized carbons (Fsp3) is 1.00. The maximum Gasteiger partial charge on any atom is 0.469 e. The molecule has 0 aliphatic carbocycles. The van der Waals surface area contributed by atoms with E-state index in [9.17, 15) is 4.57 Å². The van der Waals surface area contributed by atoms with E-state index in [1.54, 1.807) is 0 Å². The molecule has 1 aliphatic rings. The van der Waals surface area contributed by atoms with Crippen LogP contribution in [0.3, 0.4) is 0 Å². The van der Waals surface area contributed by atoms with Crippen molar-refractivity contribution >= 4 is 7.82 Å². The lowest BCUT2D eigenvalue weighted by Crippen LogP contribution is -2.34. The number of phosphoric ester groups is 1. The Balaban J connectivity index is 2.44. The Bertz CT molecular complexity index is 238. The lowest BCUT2D eigenvalue weighted by molar-refractivity contribution is -0.132. The van der Waals surface area contributed by atoms with Crippen molar-refractivity contribution in [3.63, 3.8) is 0 Å². The van der Waals surface area contributed by atoms with Gasteiger partial charge in [0, 0.05) is 0 Å². The van der Waals surface area contributed by atoms with Crippen LogP contribution in [0.25, 0.3) is 0 Å². The summed E-state index contributed by atoms with van der Waals surface area (Å²) in [6.45, 7) is -0.612. The van der Waals surface area contributed by atoms with E-state index in [1.807, 2.05) is 0 Å². The van der Waals surface area contributed by atoms with E-state index in [0.717, 1.165) is 0 Å². The van der Waals surface area contributed by atoms with Gasteiger partial charge in [-0.05, 0) is 0 Å². The molecule has 0 aromatic carbocycles. The molecule has 4 atom stereocenters. The van der Waals surface area contributed by atoms with Crippen LogP contribution in [0.4, 0.5) is 0 Å². The molecule has 9 heteroatoms. The van der Waals surface area contributed by atoms with Crippen molar-refractivity contribution in [1.82, 2.24) is 0 Å². The molecule has 0 amide bonds. The molecular weight excluding hydrogens is 220 g/mol. The largest absolute Gasteiger partial charge is 0.469 e. The van der Waals surface area contributed by atoms with Crippen molar-refractivity contribution in [2.45, 2.75) is 24.6 Å². The Morgan fingerprint density at radius 3 is 2.14 bits per heavy atom. The molecule has 5 N–H and O–H groups in total. The van der Waals surface area contributed by atoms with Gasteiger partial charge in [-0.3, -0.25) is 4.52 Å². The van der Waals surface area contributed by atoms with Crippen molar-refractivity contribution in [2.75, 3.05) is 6.61 Å². The summed E-state index contributed by atoms with van der Waals surface area (Å²) in [5, 5.41) is 27.0. The highest BCUT2D eigenvalue weighted by Crippen LogP contribution is 2.36. The summed E-state index contributed by atoms with van der Waals surface area (Å²) in [4.78, 5) is 16.6. The van der Waals surface area contributed by atoms with Gasteiger partial charge in [0.15, 0.2) is 6.29 Å². The molecule has 1 heterocycles. The number of aliphatic hydroxyl groups is 3. The van der Waals surface area contributed by atoms with Crippen LogP contribution in [0, 0.1) is 0 Å². The number of phosphoric acid groups is 1. The number of aliphatic hydroxyl groups excluding tert-OH is 3. The number of rotatable bonds is 3. The van der Waals surface area contributed by atoms with Gasteiger partial charge < -0.3 is 29.8 Å². The molecule has 8 nitrogen and oxygen atoms in total. The molecule has 1 saturated heterocycles. The Morgan fingerprint density at radius 1 is 1.21 bits per heavy atom. The quantitative estimate of drug-likeness (QED) is 0.266. The number of ether oxygens (including phenoxy) is 1. The van der Waals surface area contributed by atoms with Crippen LogP contribution < -0.4 is 0 Å². The smallest absolute Gasteiger partial charge is 0.387 e. The molecule has 84 valence electrons. The maximum atomic E-state index is 10.3. The Labute approximate surface area is 78.9 Å². The first kappa shape index (κ1) is 12.0. The van der Waals surface area contributed by atoms with Crippen molar-refractivity contribution in [1.29, 1.82) is 0 Å². The summed E-state index contributed by atoms with van der Waals surface area (Å²) in [5.74, 6) is 0. The maximum absolute atomic E-state index is 10.3. The van der Waals surface area contributed by atoms with Gasteiger partial charge in [0.05, 0.1) is 6.61 Å². The Hall–Kier alpha value is -0.0500. The van der Waals surface area contributed by atoms with Crippen molar-refractivity contribution in [3.8, 4) is 0 Å². The second-order valence-corrected chi connectivity index (χ2v) is 4.07. The Kier molecular flexibility index (Phi) is 3.62. The minimum Gasteiger partial charge on any atom is -0.387 e. The Morgan fingerprint density at radius 2 is 1.79 bits per heavy atom. The molecule has 14 heavy (non-hydrogen) atoms. The molecule has 0 bridgehead atoms. The monoisotopic (exact) mass is 231 g/mol. The number of hydrogen-bond acceptors (Lipinski definition) is 6. The van der Waals surface area contributed by atoms with Gasteiger partial charge in [0.1, 0.15) is 18.3 Å². The van der Waals surface area contributed by atoms with Crippen LogP contribution in [0.2, 0.25) is 0 Å². The second-order valence-electron chi connectivity index (χ2n) is 2.83. The predicted molar refractivity (Wildman–Crippen MR) is 40.9 cm³/mol. The van der Waals surface area contributed by atoms with Gasteiger partial charge >= 0.3 is 7.82 Å². The first-order valence-corrected chi connectivity index (χ1v) is 5.24. The summed E-state index contributed by atoms with van der Waals surface area (Å²) < 4.78 is 18.9. The fourth-order valence-electron chi connectivity index (χ4n) is 1.04. The zero-order chi connectivity index (χ0) is 10.9. The van der Waals surface area contributed by atoms with Gasteiger partial charge in [-0.1, -0.05) is 0 Å². The highest BCUT2D eigenvalue weighted by atomic mass is 31.2. The lowest BCUT2D eigenvalue weighted by Gasteiger charge is -2.14. The van der Waals surface area contributed by atoms with Crippen molar-refractivity contribution < 1.29 is 38.9 Å². The SMILES string of the molecule is O=P(O)(O)OC[C@H]1O[13CH](O)[C@H](O)[C@@H]1O. The normalized spacial score (nSPS) is 38.9. The van der Waals surface area contributed by atoms with Crippen LogP contribution in [0.15, 0.2) is 0 Å². The predicted octanol–water partition coefficient (Wildman–Crippen LogP) is -2.47. The summed E-state index contributed by atoms with van der Waals surface area (Å²) >= 11 is 0. The van der Waals surface area contributed by atoms with Gasteiger partial charge in [-0.15, -0.1) is 0 Å². The summed E-state index contributed by atoms with van der Waals surface area (Å²) in [5.41, 5.74) is 0. The molecule has 0 radical (unpaired) electrons. The fourth-order valence-corrected chi connectivity index (χ4v) is 1.38. The standard InChI is InChI=1S/C5H11O8P/c6-3-2(1-12-14(9,10)11)13-5(8)4(3)7/h2-8H,1H2,(H2,9,10,11)/t2-,3-,4-,5?/m1/s1/i5+1. The van der Waals surface area contributed by atoms with E-state index < -0.39 is 39.0 Å². The van der Waals surface area contributed by atoms with E-state index in [2.05, 4.69) is 9.26 Å². The molecular formula is C5H11O8P. The number of hydrogen-bond donors (Lipinski definition) is 5. The molecule has 0 aromatic rings. The van der Waals surface area contributed by atoms with Gasteiger partial charge in [-0.25, -0.2) is 4.57 Å². The van der Waals surface area contributed by atoms with Crippen LogP contribution in [-0.4, -0.2) is 56.3 Å². The minimum absolute atomic E-state index is 0.612. The van der Waals surface area contributed by atoms with Crippen LogP contribution in [0.5, 0.6) is 0 Å². The van der Waals surface area contributed by atoms with Crippen LogP contribution in [-0.2, 0) is 13.8 Å². The summed E-state index contributed by atoms with van der Waals surface area (Å²) in [6.07, 6.45) is -5.67. The molecule has 0 spiro atoms. The molecule has 1 aliphatic heterocycles. The van der Waals surface area contributed by atoms with E-state index >= 15 is 0 Å². The third-order valence-electron chi connectivity index (χ3n) is 1.74. The van der Waals surface area contributed by atoms with Crippen LogP contribution in [0.1, 0.15) is 0 Å². The molecule has 0 saturated carbocycles. The molecule has 1 rings (SSSR count). The van der Waals surface area contributed by atoms with Crippen molar-refractivity contribution in [3.05, 3.63) is 0 Å².